The molecule has 22 heavy (non-hydrogen) atoms. The summed E-state index contributed by atoms with van der Waals surface area (Å²) in [4.78, 5) is 4.94. The minimum absolute atomic E-state index is 0.961. The second kappa shape index (κ2) is 5.42. The fraction of sp³-hybridized carbons (Fsp3) is 0.190. The fourth-order valence-corrected chi connectivity index (χ4v) is 3.41. The predicted molar refractivity (Wildman–Crippen MR) is 91.9 cm³/mol. The van der Waals surface area contributed by atoms with E-state index >= 15 is 0 Å². The molecule has 0 bridgehead atoms. The van der Waals surface area contributed by atoms with E-state index in [0.29, 0.717) is 0 Å². The molecule has 1 heterocycles. The Morgan fingerprint density at radius 3 is 2.50 bits per heavy atom. The average Bonchev–Trinajstić information content (AvgIpc) is 2.93. The monoisotopic (exact) mass is 285 g/mol. The molecule has 4 rings (SSSR count). The van der Waals surface area contributed by atoms with Crippen molar-refractivity contribution in [3.05, 3.63) is 77.6 Å². The maximum Gasteiger partial charge on any atom is 0.0535 e. The zero-order valence-electron chi connectivity index (χ0n) is 12.8. The van der Waals surface area contributed by atoms with Gasteiger partial charge in [0.15, 0.2) is 0 Å². The molecule has 0 N–H and O–H groups in total. The van der Waals surface area contributed by atoms with Crippen LogP contribution in [0.5, 0.6) is 0 Å². The number of pyridine rings is 1. The molecule has 108 valence electrons. The maximum absolute atomic E-state index is 4.94. The molecule has 0 aliphatic heterocycles. The summed E-state index contributed by atoms with van der Waals surface area (Å²) in [5.74, 6) is 0. The normalized spacial score (nSPS) is 12.0. The summed E-state index contributed by atoms with van der Waals surface area (Å²) in [6, 6.07) is 21.7. The zero-order chi connectivity index (χ0) is 14.9. The second-order valence-corrected chi connectivity index (χ2v) is 5.93. The molecule has 1 heteroatoms. The highest BCUT2D eigenvalue weighted by Gasteiger charge is 2.23. The van der Waals surface area contributed by atoms with Crippen molar-refractivity contribution in [3.8, 4) is 22.3 Å². The fourth-order valence-electron chi connectivity index (χ4n) is 3.41. The lowest BCUT2D eigenvalue weighted by molar-refractivity contribution is 0.871. The first kappa shape index (κ1) is 13.3. The Labute approximate surface area is 131 Å². The number of hydrogen-bond acceptors (Lipinski definition) is 1. The van der Waals surface area contributed by atoms with Crippen LogP contribution in [-0.2, 0) is 12.8 Å². The summed E-state index contributed by atoms with van der Waals surface area (Å²) in [6.07, 6.45) is 3.14. The Hall–Kier alpha value is -2.41. The van der Waals surface area contributed by atoms with Gasteiger partial charge in [-0.2, -0.15) is 0 Å². The molecule has 0 saturated heterocycles. The van der Waals surface area contributed by atoms with Gasteiger partial charge in [-0.3, -0.25) is 4.98 Å². The van der Waals surface area contributed by atoms with E-state index in [1.165, 1.54) is 39.2 Å². The molecule has 0 radical (unpaired) electrons. The molecule has 1 nitrogen and oxygen atoms in total. The van der Waals surface area contributed by atoms with Gasteiger partial charge < -0.3 is 0 Å². The molecule has 0 atom stereocenters. The quantitative estimate of drug-likeness (QED) is 0.499. The van der Waals surface area contributed by atoms with E-state index < -0.39 is 0 Å². The molecule has 1 aromatic heterocycles. The van der Waals surface area contributed by atoms with Gasteiger partial charge in [-0.05, 0) is 34.7 Å². The second-order valence-electron chi connectivity index (χ2n) is 5.93. The molecular formula is C21H19N. The summed E-state index contributed by atoms with van der Waals surface area (Å²) >= 11 is 0. The minimum Gasteiger partial charge on any atom is -0.257 e. The maximum atomic E-state index is 4.94. The molecular weight excluding hydrogens is 266 g/mol. The summed E-state index contributed by atoms with van der Waals surface area (Å²) in [6.45, 7) is 2.21. The molecule has 3 aromatic rings. The van der Waals surface area contributed by atoms with E-state index in [1.54, 1.807) is 0 Å². The van der Waals surface area contributed by atoms with Crippen LogP contribution in [-0.4, -0.2) is 4.98 Å². The molecule has 0 fully saturated rings. The topological polar surface area (TPSA) is 12.9 Å². The van der Waals surface area contributed by atoms with Gasteiger partial charge in [0, 0.05) is 17.7 Å². The van der Waals surface area contributed by atoms with Crippen LogP contribution in [0.15, 0.2) is 60.7 Å². The van der Waals surface area contributed by atoms with Gasteiger partial charge in [0.1, 0.15) is 0 Å². The first-order valence-electron chi connectivity index (χ1n) is 8.03. The third kappa shape index (κ3) is 2.14. The molecule has 1 aliphatic rings. The first-order valence-corrected chi connectivity index (χ1v) is 8.03. The van der Waals surface area contributed by atoms with Crippen molar-refractivity contribution in [1.82, 2.24) is 4.98 Å². The van der Waals surface area contributed by atoms with Crippen LogP contribution < -0.4 is 0 Å². The van der Waals surface area contributed by atoms with Gasteiger partial charge in [0.2, 0.25) is 0 Å². The van der Waals surface area contributed by atoms with Gasteiger partial charge in [-0.25, -0.2) is 0 Å². The van der Waals surface area contributed by atoms with E-state index in [2.05, 4.69) is 67.6 Å². The average molecular weight is 285 g/mol. The Balaban J connectivity index is 1.97. The van der Waals surface area contributed by atoms with Crippen molar-refractivity contribution < 1.29 is 0 Å². The summed E-state index contributed by atoms with van der Waals surface area (Å²) in [5, 5.41) is 0. The van der Waals surface area contributed by atoms with E-state index in [9.17, 15) is 0 Å². The smallest absolute Gasteiger partial charge is 0.0535 e. The van der Waals surface area contributed by atoms with Crippen molar-refractivity contribution in [2.45, 2.75) is 26.2 Å². The van der Waals surface area contributed by atoms with Crippen molar-refractivity contribution in [1.29, 1.82) is 0 Å². The Kier molecular flexibility index (Phi) is 3.27. The van der Waals surface area contributed by atoms with Crippen LogP contribution in [0.4, 0.5) is 0 Å². The first-order chi connectivity index (χ1) is 10.9. The van der Waals surface area contributed by atoms with Crippen LogP contribution >= 0.6 is 0 Å². The minimum atomic E-state index is 0.961. The third-order valence-electron chi connectivity index (χ3n) is 4.38. The van der Waals surface area contributed by atoms with Crippen LogP contribution in [0.25, 0.3) is 22.3 Å². The number of benzene rings is 2. The number of hydrogen-bond donors (Lipinski definition) is 0. The Morgan fingerprint density at radius 1 is 0.909 bits per heavy atom. The van der Waals surface area contributed by atoms with Gasteiger partial charge in [0.25, 0.3) is 0 Å². The van der Waals surface area contributed by atoms with E-state index in [1.807, 2.05) is 0 Å². The number of fused-ring (bicyclic) bond motifs is 3. The van der Waals surface area contributed by atoms with Crippen LogP contribution in [0.2, 0.25) is 0 Å². The SMILES string of the molecule is CCCc1cc(-c2ccccc2)c2c(n1)Cc1ccccc1-2. The lowest BCUT2D eigenvalue weighted by Crippen LogP contribution is -1.97. The van der Waals surface area contributed by atoms with Gasteiger partial charge in [-0.15, -0.1) is 0 Å². The highest BCUT2D eigenvalue weighted by molar-refractivity contribution is 5.89. The van der Waals surface area contributed by atoms with Gasteiger partial charge in [-0.1, -0.05) is 67.9 Å². The molecule has 0 saturated carbocycles. The standard InChI is InChI=1S/C21H19N/c1-2-8-17-14-19(15-9-4-3-5-10-15)21-18-12-7-6-11-16(18)13-20(21)22-17/h3-7,9-12,14H,2,8,13H2,1H3. The van der Waals surface area contributed by atoms with Gasteiger partial charge >= 0.3 is 0 Å². The van der Waals surface area contributed by atoms with E-state index in [-0.39, 0.29) is 0 Å². The van der Waals surface area contributed by atoms with Crippen molar-refractivity contribution in [2.75, 3.05) is 0 Å². The predicted octanol–water partition coefficient (Wildman–Crippen LogP) is 5.27. The van der Waals surface area contributed by atoms with Crippen molar-refractivity contribution in [2.24, 2.45) is 0 Å². The van der Waals surface area contributed by atoms with E-state index in [0.717, 1.165) is 19.3 Å². The number of aromatic nitrogens is 1. The zero-order valence-corrected chi connectivity index (χ0v) is 12.8. The van der Waals surface area contributed by atoms with Gasteiger partial charge in [0.05, 0.1) is 5.69 Å². The van der Waals surface area contributed by atoms with Crippen LogP contribution in [0.1, 0.15) is 30.3 Å². The number of nitrogens with zero attached hydrogens (tertiary/aromatic N) is 1. The molecule has 1 aliphatic carbocycles. The molecule has 0 spiro atoms. The van der Waals surface area contributed by atoms with Crippen molar-refractivity contribution >= 4 is 0 Å². The Bertz CT molecular complexity index is 819. The van der Waals surface area contributed by atoms with Crippen LogP contribution in [0, 0.1) is 0 Å². The number of rotatable bonds is 3. The third-order valence-corrected chi connectivity index (χ3v) is 4.38. The molecule has 0 amide bonds. The highest BCUT2D eigenvalue weighted by atomic mass is 14.7. The molecule has 0 unspecified atom stereocenters. The lowest BCUT2D eigenvalue weighted by atomic mass is 9.95. The van der Waals surface area contributed by atoms with Crippen molar-refractivity contribution in [3.63, 3.8) is 0 Å². The number of aryl methyl sites for hydroxylation is 1. The van der Waals surface area contributed by atoms with Crippen LogP contribution in [0.3, 0.4) is 0 Å². The Morgan fingerprint density at radius 2 is 1.68 bits per heavy atom. The summed E-state index contributed by atoms with van der Waals surface area (Å²) in [5.41, 5.74) is 9.16. The highest BCUT2D eigenvalue weighted by Crippen LogP contribution is 2.42. The van der Waals surface area contributed by atoms with E-state index in [4.69, 9.17) is 4.98 Å². The largest absolute Gasteiger partial charge is 0.257 e. The summed E-state index contributed by atoms with van der Waals surface area (Å²) < 4.78 is 0. The molecule has 2 aromatic carbocycles. The lowest BCUT2D eigenvalue weighted by Gasteiger charge is -2.12. The summed E-state index contributed by atoms with van der Waals surface area (Å²) in [7, 11) is 0.